The summed E-state index contributed by atoms with van der Waals surface area (Å²) in [6, 6.07) is -0.213. The molecule has 1 atom stereocenters. The van der Waals surface area contributed by atoms with Crippen LogP contribution in [-0.4, -0.2) is 45.4 Å². The van der Waals surface area contributed by atoms with Crippen LogP contribution >= 0.6 is 11.3 Å². The van der Waals surface area contributed by atoms with Gasteiger partial charge in [0.15, 0.2) is 0 Å². The molecule has 2 heterocycles. The minimum atomic E-state index is -0.397. The maximum Gasteiger partial charge on any atom is 0.323 e. The maximum atomic E-state index is 11.7. The molecule has 0 bridgehead atoms. The fourth-order valence-corrected chi connectivity index (χ4v) is 2.21. The van der Waals surface area contributed by atoms with Crippen LogP contribution in [0.5, 0.6) is 0 Å². The fourth-order valence-electron chi connectivity index (χ4n) is 1.54. The van der Waals surface area contributed by atoms with Crippen LogP contribution in [-0.2, 0) is 6.42 Å². The Bertz CT molecular complexity index is 381. The maximum absolute atomic E-state index is 11.7. The van der Waals surface area contributed by atoms with E-state index in [1.807, 2.05) is 6.92 Å². The molecule has 0 aliphatic carbocycles. The van der Waals surface area contributed by atoms with Crippen molar-refractivity contribution >= 4 is 22.5 Å². The minimum absolute atomic E-state index is 0.213. The van der Waals surface area contributed by atoms with Gasteiger partial charge >= 0.3 is 6.03 Å². The molecule has 0 saturated carbocycles. The second-order valence-corrected chi connectivity index (χ2v) is 4.74. The molecule has 1 aromatic heterocycles. The van der Waals surface area contributed by atoms with Gasteiger partial charge in [-0.1, -0.05) is 18.3 Å². The summed E-state index contributed by atoms with van der Waals surface area (Å²) >= 11 is 1.38. The van der Waals surface area contributed by atoms with Crippen molar-refractivity contribution in [3.05, 3.63) is 5.01 Å². The predicted octanol–water partition coefficient (Wildman–Crippen LogP) is 0.699. The fraction of sp³-hybridized carbons (Fsp3) is 0.667. The standard InChI is InChI=1S/C9H14N4O2S/c1-2-7-11-12-8(16-7)10-9(15)13-4-3-6(14)5-13/h6,14H,2-5H2,1H3,(H,10,12,15)/t6-/m1/s1. The van der Waals surface area contributed by atoms with Crippen LogP contribution in [0, 0.1) is 0 Å². The van der Waals surface area contributed by atoms with Crippen LogP contribution in [0.4, 0.5) is 9.93 Å². The van der Waals surface area contributed by atoms with E-state index in [0.717, 1.165) is 11.4 Å². The highest BCUT2D eigenvalue weighted by Crippen LogP contribution is 2.17. The number of anilines is 1. The normalized spacial score (nSPS) is 20.1. The first kappa shape index (κ1) is 11.3. The summed E-state index contributed by atoms with van der Waals surface area (Å²) in [5.74, 6) is 0. The van der Waals surface area contributed by atoms with E-state index in [1.165, 1.54) is 11.3 Å². The number of likely N-dealkylation sites (tertiary alicyclic amines) is 1. The molecule has 1 aromatic rings. The number of aliphatic hydroxyl groups is 1. The number of aryl methyl sites for hydroxylation is 1. The number of hydrogen-bond acceptors (Lipinski definition) is 5. The topological polar surface area (TPSA) is 78.4 Å². The van der Waals surface area contributed by atoms with Crippen molar-refractivity contribution < 1.29 is 9.90 Å². The van der Waals surface area contributed by atoms with E-state index < -0.39 is 6.10 Å². The van der Waals surface area contributed by atoms with Crippen LogP contribution in [0.15, 0.2) is 0 Å². The SMILES string of the molecule is CCc1nnc(NC(=O)N2CC[C@@H](O)C2)s1. The van der Waals surface area contributed by atoms with Gasteiger partial charge in [0.2, 0.25) is 5.13 Å². The van der Waals surface area contributed by atoms with Crippen molar-refractivity contribution in [2.24, 2.45) is 0 Å². The number of β-amino-alcohol motifs (C(OH)–C–C–N with tert-alkyl or cyclic N) is 1. The van der Waals surface area contributed by atoms with E-state index >= 15 is 0 Å². The number of nitrogens with one attached hydrogen (secondary N) is 1. The third-order valence-corrected chi connectivity index (χ3v) is 3.42. The monoisotopic (exact) mass is 242 g/mol. The molecule has 2 N–H and O–H groups in total. The number of hydrogen-bond donors (Lipinski definition) is 2. The van der Waals surface area contributed by atoms with Gasteiger partial charge in [-0.3, -0.25) is 5.32 Å². The lowest BCUT2D eigenvalue weighted by atomic mass is 10.3. The summed E-state index contributed by atoms with van der Waals surface area (Å²) in [6.45, 7) is 2.97. The first-order valence-electron chi connectivity index (χ1n) is 5.25. The van der Waals surface area contributed by atoms with E-state index in [9.17, 15) is 9.90 Å². The van der Waals surface area contributed by atoms with Crippen LogP contribution in [0.3, 0.4) is 0 Å². The van der Waals surface area contributed by atoms with Crippen molar-refractivity contribution in [1.82, 2.24) is 15.1 Å². The van der Waals surface area contributed by atoms with E-state index in [0.29, 0.717) is 24.6 Å². The Kier molecular flexibility index (Phi) is 3.35. The average Bonchev–Trinajstić information content (AvgIpc) is 2.87. The van der Waals surface area contributed by atoms with Crippen molar-refractivity contribution in [2.75, 3.05) is 18.4 Å². The van der Waals surface area contributed by atoms with Gasteiger partial charge in [0.25, 0.3) is 0 Å². The van der Waals surface area contributed by atoms with Gasteiger partial charge in [0.1, 0.15) is 5.01 Å². The van der Waals surface area contributed by atoms with Gasteiger partial charge < -0.3 is 10.0 Å². The zero-order valence-corrected chi connectivity index (χ0v) is 9.83. The molecule has 1 saturated heterocycles. The molecule has 1 aliphatic rings. The third-order valence-electron chi connectivity index (χ3n) is 2.43. The molecule has 0 spiro atoms. The molecule has 6 nitrogen and oxygen atoms in total. The zero-order chi connectivity index (χ0) is 11.5. The summed E-state index contributed by atoms with van der Waals surface area (Å²) in [4.78, 5) is 13.3. The number of rotatable bonds is 2. The zero-order valence-electron chi connectivity index (χ0n) is 9.01. The second kappa shape index (κ2) is 4.75. The van der Waals surface area contributed by atoms with Crippen LogP contribution < -0.4 is 5.32 Å². The lowest BCUT2D eigenvalue weighted by molar-refractivity contribution is 0.176. The number of carbonyl (C=O) groups is 1. The minimum Gasteiger partial charge on any atom is -0.391 e. The number of aromatic nitrogens is 2. The molecule has 16 heavy (non-hydrogen) atoms. The smallest absolute Gasteiger partial charge is 0.323 e. The first-order valence-corrected chi connectivity index (χ1v) is 6.07. The van der Waals surface area contributed by atoms with Crippen LogP contribution in [0.2, 0.25) is 0 Å². The third kappa shape index (κ3) is 2.48. The lowest BCUT2D eigenvalue weighted by Gasteiger charge is -2.14. The van der Waals surface area contributed by atoms with Gasteiger partial charge in [-0.2, -0.15) is 0 Å². The van der Waals surface area contributed by atoms with E-state index in [2.05, 4.69) is 15.5 Å². The van der Waals surface area contributed by atoms with Gasteiger partial charge in [0, 0.05) is 13.1 Å². The molecular weight excluding hydrogens is 228 g/mol. The van der Waals surface area contributed by atoms with Gasteiger partial charge in [-0.05, 0) is 12.8 Å². The Morgan fingerprint density at radius 2 is 2.50 bits per heavy atom. The highest BCUT2D eigenvalue weighted by molar-refractivity contribution is 7.15. The summed E-state index contributed by atoms with van der Waals surface area (Å²) in [7, 11) is 0. The van der Waals surface area contributed by atoms with Crippen molar-refractivity contribution in [3.63, 3.8) is 0 Å². The van der Waals surface area contributed by atoms with Gasteiger partial charge in [-0.25, -0.2) is 4.79 Å². The summed E-state index contributed by atoms with van der Waals surface area (Å²) in [5, 5.41) is 21.2. The summed E-state index contributed by atoms with van der Waals surface area (Å²) < 4.78 is 0. The molecule has 0 unspecified atom stereocenters. The Morgan fingerprint density at radius 3 is 3.06 bits per heavy atom. The molecule has 1 fully saturated rings. The molecule has 0 aromatic carbocycles. The number of nitrogens with zero attached hydrogens (tertiary/aromatic N) is 3. The quantitative estimate of drug-likeness (QED) is 0.800. The van der Waals surface area contributed by atoms with E-state index in [-0.39, 0.29) is 6.03 Å². The first-order chi connectivity index (χ1) is 7.69. The van der Waals surface area contributed by atoms with Gasteiger partial charge in [-0.15, -0.1) is 10.2 Å². The lowest BCUT2D eigenvalue weighted by Crippen LogP contribution is -2.33. The second-order valence-electron chi connectivity index (χ2n) is 3.67. The average molecular weight is 242 g/mol. The van der Waals surface area contributed by atoms with E-state index in [1.54, 1.807) is 4.90 Å². The number of carbonyl (C=O) groups excluding carboxylic acids is 1. The van der Waals surface area contributed by atoms with E-state index in [4.69, 9.17) is 0 Å². The summed E-state index contributed by atoms with van der Waals surface area (Å²) in [6.07, 6.45) is 1.06. The largest absolute Gasteiger partial charge is 0.391 e. The Labute approximate surface area is 97.3 Å². The molecule has 7 heteroatoms. The van der Waals surface area contributed by atoms with Crippen molar-refractivity contribution in [3.8, 4) is 0 Å². The molecular formula is C9H14N4O2S. The number of amides is 2. The highest BCUT2D eigenvalue weighted by Gasteiger charge is 2.25. The molecule has 2 amide bonds. The Morgan fingerprint density at radius 1 is 1.69 bits per heavy atom. The van der Waals surface area contributed by atoms with Crippen LogP contribution in [0.1, 0.15) is 18.4 Å². The predicted molar refractivity (Wildman–Crippen MR) is 60.5 cm³/mol. The summed E-state index contributed by atoms with van der Waals surface area (Å²) in [5.41, 5.74) is 0. The van der Waals surface area contributed by atoms with Crippen LogP contribution in [0.25, 0.3) is 0 Å². The molecule has 2 rings (SSSR count). The van der Waals surface area contributed by atoms with Crippen molar-refractivity contribution in [1.29, 1.82) is 0 Å². The number of urea groups is 1. The number of aliphatic hydroxyl groups excluding tert-OH is 1. The van der Waals surface area contributed by atoms with Gasteiger partial charge in [0.05, 0.1) is 6.10 Å². The highest BCUT2D eigenvalue weighted by atomic mass is 32.1. The van der Waals surface area contributed by atoms with Crippen molar-refractivity contribution in [2.45, 2.75) is 25.9 Å². The molecule has 88 valence electrons. The Hall–Kier alpha value is -1.21. The Balaban J connectivity index is 1.91. The molecule has 1 aliphatic heterocycles. The molecule has 0 radical (unpaired) electrons.